The number of benzene rings is 3. The van der Waals surface area contributed by atoms with Gasteiger partial charge in [0.1, 0.15) is 17.6 Å². The number of carbonyl (C=O) groups is 1. The molecule has 2 aliphatic rings. The van der Waals surface area contributed by atoms with E-state index >= 15 is 0 Å². The molecule has 0 saturated carbocycles. The fourth-order valence-corrected chi connectivity index (χ4v) is 6.35. The third-order valence-corrected chi connectivity index (χ3v) is 9.14. The van der Waals surface area contributed by atoms with Gasteiger partial charge in [0.2, 0.25) is 10.0 Å². The number of alkyl halides is 3. The average Bonchev–Trinajstić information content (AvgIpc) is 3.40. The van der Waals surface area contributed by atoms with Gasteiger partial charge in [-0.3, -0.25) is 14.8 Å². The van der Waals surface area contributed by atoms with E-state index in [4.69, 9.17) is 38.1 Å². The van der Waals surface area contributed by atoms with Gasteiger partial charge in [0.05, 0.1) is 29.5 Å². The molecule has 5 rings (SSSR count). The van der Waals surface area contributed by atoms with E-state index in [0.717, 1.165) is 17.7 Å². The van der Waals surface area contributed by atoms with Crippen LogP contribution in [0, 0.1) is 0 Å². The van der Waals surface area contributed by atoms with Gasteiger partial charge in [-0.2, -0.15) is 13.2 Å². The summed E-state index contributed by atoms with van der Waals surface area (Å²) in [6.45, 7) is 3.32. The number of piperazine rings is 1. The maximum absolute atomic E-state index is 14.6. The molecule has 15 heteroatoms. The van der Waals surface area contributed by atoms with Crippen molar-refractivity contribution in [3.05, 3.63) is 99.0 Å². The average molecular weight is 699 g/mol. The molecular weight excluding hydrogens is 666 g/mol. The maximum Gasteiger partial charge on any atom is 0.416 e. The van der Waals surface area contributed by atoms with E-state index in [-0.39, 0.29) is 49.1 Å². The molecule has 0 radical (unpaired) electrons. The predicted molar refractivity (Wildman–Crippen MR) is 171 cm³/mol. The number of hydrogen-bond donors (Lipinski definition) is 1. The molecule has 1 saturated heterocycles. The molecule has 2 heterocycles. The predicted octanol–water partition coefficient (Wildman–Crippen LogP) is 5.98. The fraction of sp³-hybridized carbons (Fsp3) is 0.355. The molecule has 0 aromatic heterocycles. The van der Waals surface area contributed by atoms with Crippen molar-refractivity contribution in [2.45, 2.75) is 25.2 Å². The van der Waals surface area contributed by atoms with E-state index < -0.39 is 39.9 Å². The molecule has 0 bridgehead atoms. The third-order valence-electron chi connectivity index (χ3n) is 7.88. The zero-order valence-electron chi connectivity index (χ0n) is 24.8. The number of primary sulfonamides is 1. The molecule has 9 nitrogen and oxygen atoms in total. The second-order valence-corrected chi connectivity index (χ2v) is 13.5. The van der Waals surface area contributed by atoms with Crippen molar-refractivity contribution < 1.29 is 31.1 Å². The Kier molecular flexibility index (Phi) is 10.2. The first-order valence-electron chi connectivity index (χ1n) is 14.5. The first-order chi connectivity index (χ1) is 21.7. The number of halogens is 5. The molecule has 2 aliphatic heterocycles. The zero-order valence-corrected chi connectivity index (χ0v) is 27.1. The number of rotatable bonds is 8. The van der Waals surface area contributed by atoms with E-state index in [1.54, 1.807) is 60.4 Å². The van der Waals surface area contributed by atoms with Crippen LogP contribution in [0.2, 0.25) is 10.0 Å². The first kappa shape index (κ1) is 34.0. The Bertz CT molecular complexity index is 1700. The molecule has 2 atom stereocenters. The molecule has 1 fully saturated rings. The summed E-state index contributed by atoms with van der Waals surface area (Å²) in [5.41, 5.74) is 0.767. The van der Waals surface area contributed by atoms with Gasteiger partial charge >= 0.3 is 12.2 Å². The number of ether oxygens (including phenoxy) is 1. The van der Waals surface area contributed by atoms with Crippen molar-refractivity contribution in [2.24, 2.45) is 10.1 Å². The van der Waals surface area contributed by atoms with Gasteiger partial charge in [-0.05, 0) is 60.5 Å². The van der Waals surface area contributed by atoms with Crippen LogP contribution < -0.4 is 9.88 Å². The summed E-state index contributed by atoms with van der Waals surface area (Å²) in [4.78, 5) is 24.6. The summed E-state index contributed by atoms with van der Waals surface area (Å²) in [6.07, 6.45) is -4.61. The van der Waals surface area contributed by atoms with Crippen LogP contribution in [-0.4, -0.2) is 80.1 Å². The fourth-order valence-electron chi connectivity index (χ4n) is 5.58. The summed E-state index contributed by atoms with van der Waals surface area (Å²) in [6, 6.07) is 15.3. The number of aliphatic imine (C=N–C) groups is 1. The highest BCUT2D eigenvalue weighted by molar-refractivity contribution is 7.89. The van der Waals surface area contributed by atoms with Crippen LogP contribution in [0.25, 0.3) is 0 Å². The molecule has 3 aromatic carbocycles. The number of amides is 2. The van der Waals surface area contributed by atoms with Gasteiger partial charge in [-0.15, -0.1) is 0 Å². The minimum Gasteiger partial charge on any atom is -0.493 e. The van der Waals surface area contributed by atoms with Crippen LogP contribution in [0.15, 0.2) is 71.7 Å². The number of urea groups is 1. The number of hydrogen-bond acceptors (Lipinski definition) is 6. The Labute approximate surface area is 275 Å². The Hall–Kier alpha value is -3.36. The van der Waals surface area contributed by atoms with E-state index in [9.17, 15) is 26.4 Å². The van der Waals surface area contributed by atoms with Crippen molar-refractivity contribution in [1.82, 2.24) is 14.7 Å². The number of carbonyl (C=O) groups excluding carboxylic acids is 1. The van der Waals surface area contributed by atoms with Gasteiger partial charge < -0.3 is 9.64 Å². The van der Waals surface area contributed by atoms with Gasteiger partial charge in [0, 0.05) is 42.8 Å². The van der Waals surface area contributed by atoms with Gasteiger partial charge in [-0.1, -0.05) is 47.5 Å². The summed E-state index contributed by atoms with van der Waals surface area (Å²) in [5.74, 6) is -0.119. The number of sulfonamides is 1. The van der Waals surface area contributed by atoms with Crippen LogP contribution >= 0.6 is 23.2 Å². The molecular formula is C31H32Cl2F3N5O4S. The molecule has 0 aliphatic carbocycles. The van der Waals surface area contributed by atoms with E-state index in [1.807, 2.05) is 4.90 Å². The maximum atomic E-state index is 14.6. The van der Waals surface area contributed by atoms with Crippen LogP contribution in [0.5, 0.6) is 5.75 Å². The van der Waals surface area contributed by atoms with Gasteiger partial charge in [0.25, 0.3) is 0 Å². The summed E-state index contributed by atoms with van der Waals surface area (Å²) in [7, 11) is -3.65. The first-order valence-corrected chi connectivity index (χ1v) is 17.0. The molecule has 246 valence electrons. The Balaban J connectivity index is 1.60. The Morgan fingerprint density at radius 3 is 2.09 bits per heavy atom. The van der Waals surface area contributed by atoms with Crippen LogP contribution in [0.3, 0.4) is 0 Å². The van der Waals surface area contributed by atoms with Crippen molar-refractivity contribution in [2.75, 3.05) is 45.1 Å². The van der Waals surface area contributed by atoms with Gasteiger partial charge in [-0.25, -0.2) is 18.4 Å². The van der Waals surface area contributed by atoms with Crippen LogP contribution in [0.1, 0.15) is 41.3 Å². The van der Waals surface area contributed by atoms with E-state index in [0.29, 0.717) is 28.7 Å². The second kappa shape index (κ2) is 13.8. The Morgan fingerprint density at radius 2 is 1.54 bits per heavy atom. The SMILES string of the molecule is CCOc1cc(C(F)(F)F)ccc1C1=NC(c2ccc(Cl)cc2)C(c2ccc(Cl)cc2)N1C(=O)N1CCN(CCS(N)(=O)=O)CC1. The monoisotopic (exact) mass is 697 g/mol. The highest BCUT2D eigenvalue weighted by atomic mass is 35.5. The lowest BCUT2D eigenvalue weighted by Gasteiger charge is -2.39. The normalized spacial score (nSPS) is 19.3. The minimum atomic E-state index is -4.61. The third kappa shape index (κ3) is 7.77. The Morgan fingerprint density at radius 1 is 0.957 bits per heavy atom. The molecule has 0 spiro atoms. The number of nitrogens with two attached hydrogens (primary N) is 1. The lowest BCUT2D eigenvalue weighted by molar-refractivity contribution is -0.137. The molecule has 2 N–H and O–H groups in total. The van der Waals surface area contributed by atoms with Crippen LogP contribution in [0.4, 0.5) is 18.0 Å². The topological polar surface area (TPSA) is 109 Å². The van der Waals surface area contributed by atoms with E-state index in [2.05, 4.69) is 0 Å². The summed E-state index contributed by atoms with van der Waals surface area (Å²) >= 11 is 12.4. The lowest BCUT2D eigenvalue weighted by atomic mass is 9.93. The van der Waals surface area contributed by atoms with E-state index in [1.165, 1.54) is 11.0 Å². The second-order valence-electron chi connectivity index (χ2n) is 10.9. The summed E-state index contributed by atoms with van der Waals surface area (Å²) < 4.78 is 69.8. The molecule has 3 aromatic rings. The van der Waals surface area contributed by atoms with Crippen molar-refractivity contribution in [1.29, 1.82) is 0 Å². The van der Waals surface area contributed by atoms with Crippen molar-refractivity contribution >= 4 is 45.1 Å². The zero-order chi connectivity index (χ0) is 33.2. The lowest BCUT2D eigenvalue weighted by Crippen LogP contribution is -2.54. The summed E-state index contributed by atoms with van der Waals surface area (Å²) in [5, 5.41) is 6.16. The van der Waals surface area contributed by atoms with Crippen LogP contribution in [-0.2, 0) is 16.2 Å². The quantitative estimate of drug-likeness (QED) is 0.312. The molecule has 2 amide bonds. The van der Waals surface area contributed by atoms with Gasteiger partial charge in [0.15, 0.2) is 0 Å². The smallest absolute Gasteiger partial charge is 0.416 e. The van der Waals surface area contributed by atoms with Crippen molar-refractivity contribution in [3.63, 3.8) is 0 Å². The highest BCUT2D eigenvalue weighted by Gasteiger charge is 2.45. The van der Waals surface area contributed by atoms with Crippen molar-refractivity contribution in [3.8, 4) is 5.75 Å². The standard InChI is InChI=1S/C31H32Cl2F3N5O4S/c1-2-45-26-19-22(31(34,35)36)7-12-25(26)29-38-27(20-3-8-23(32)9-4-20)28(21-5-10-24(33)11-6-21)41(29)30(42)40-15-13-39(14-16-40)17-18-46(37,43)44/h3-12,19,27-28H,2,13-18H2,1H3,(H2,37,43,44). The minimum absolute atomic E-state index is 0.0618. The number of nitrogens with zero attached hydrogens (tertiary/aromatic N) is 4. The molecule has 2 unspecified atom stereocenters. The molecule has 46 heavy (non-hydrogen) atoms. The highest BCUT2D eigenvalue weighted by Crippen LogP contribution is 2.46. The number of amidine groups is 1. The largest absolute Gasteiger partial charge is 0.493 e.